The number of carboxylic acid groups (broad SMARTS) is 1. The molecule has 0 saturated carbocycles. The number of rotatable bonds is 10. The molecule has 23 heavy (non-hydrogen) atoms. The summed E-state index contributed by atoms with van der Waals surface area (Å²) in [6.07, 6.45) is 1.82. The largest absolute Gasteiger partial charge is 0.494 e. The highest BCUT2D eigenvalue weighted by molar-refractivity contribution is 5.96. The topological polar surface area (TPSA) is 119 Å². The Kier molecular flexibility index (Phi) is 7.59. The lowest BCUT2D eigenvalue weighted by Gasteiger charge is -2.14. The van der Waals surface area contributed by atoms with E-state index in [1.807, 2.05) is 0 Å². The molecule has 0 heterocycles. The highest BCUT2D eigenvalue weighted by atomic mass is 16.5. The number of carbonyl (C=O) groups is 3. The maximum atomic E-state index is 12.0. The maximum Gasteiger partial charge on any atom is 0.326 e. The lowest BCUT2D eigenvalue weighted by Crippen LogP contribution is -2.41. The minimum Gasteiger partial charge on any atom is -0.494 e. The van der Waals surface area contributed by atoms with E-state index in [0.717, 1.165) is 12.8 Å². The molecule has 0 fully saturated rings. The second kappa shape index (κ2) is 9.45. The van der Waals surface area contributed by atoms with Crippen LogP contribution in [0.5, 0.6) is 5.75 Å². The normalized spacial score (nSPS) is 11.5. The van der Waals surface area contributed by atoms with Crippen molar-refractivity contribution < 1.29 is 24.2 Å². The molecule has 7 heteroatoms. The zero-order valence-corrected chi connectivity index (χ0v) is 13.1. The van der Waals surface area contributed by atoms with Crippen LogP contribution in [-0.4, -0.2) is 35.5 Å². The van der Waals surface area contributed by atoms with Crippen molar-refractivity contribution in [1.29, 1.82) is 0 Å². The molecule has 0 radical (unpaired) electrons. The first kappa shape index (κ1) is 18.5. The van der Waals surface area contributed by atoms with Crippen molar-refractivity contribution in [3.8, 4) is 5.75 Å². The summed E-state index contributed by atoms with van der Waals surface area (Å²) in [6.45, 7) is 2.67. The number of primary amides is 1. The molecule has 0 saturated heterocycles. The van der Waals surface area contributed by atoms with Gasteiger partial charge >= 0.3 is 5.97 Å². The Labute approximate surface area is 134 Å². The number of nitrogens with two attached hydrogens (primary N) is 1. The Bertz CT molecular complexity index is 542. The van der Waals surface area contributed by atoms with Crippen LogP contribution in [0.1, 0.15) is 43.0 Å². The Hall–Kier alpha value is -2.57. The molecule has 2 amide bonds. The summed E-state index contributed by atoms with van der Waals surface area (Å²) in [5, 5.41) is 11.4. The Morgan fingerprint density at radius 3 is 2.43 bits per heavy atom. The monoisotopic (exact) mass is 322 g/mol. The molecule has 1 unspecified atom stereocenters. The molecule has 0 spiro atoms. The molecule has 0 aliphatic heterocycles. The van der Waals surface area contributed by atoms with Crippen molar-refractivity contribution >= 4 is 17.8 Å². The van der Waals surface area contributed by atoms with Crippen molar-refractivity contribution in [2.75, 3.05) is 6.61 Å². The molecule has 1 aromatic carbocycles. The van der Waals surface area contributed by atoms with Crippen LogP contribution in [0.25, 0.3) is 0 Å². The van der Waals surface area contributed by atoms with Crippen LogP contribution in [0, 0.1) is 0 Å². The van der Waals surface area contributed by atoms with Gasteiger partial charge < -0.3 is 20.9 Å². The van der Waals surface area contributed by atoms with Gasteiger partial charge in [0.2, 0.25) is 5.91 Å². The summed E-state index contributed by atoms with van der Waals surface area (Å²) in [5.41, 5.74) is 5.31. The van der Waals surface area contributed by atoms with Crippen LogP contribution in [-0.2, 0) is 9.59 Å². The molecule has 1 atom stereocenters. The third-order valence-electron chi connectivity index (χ3n) is 3.17. The standard InChI is InChI=1S/C16H22N2O5/c1-2-3-10-23-12-6-4-11(5-7-12)15(20)18-13(16(21)22)8-9-14(17)19/h4-7,13H,2-3,8-10H2,1H3,(H2,17,19)(H,18,20)(H,21,22). The van der Waals surface area contributed by atoms with E-state index >= 15 is 0 Å². The Morgan fingerprint density at radius 1 is 1.26 bits per heavy atom. The lowest BCUT2D eigenvalue weighted by atomic mass is 10.1. The second-order valence-corrected chi connectivity index (χ2v) is 5.10. The van der Waals surface area contributed by atoms with Crippen LogP contribution >= 0.6 is 0 Å². The summed E-state index contributed by atoms with van der Waals surface area (Å²) < 4.78 is 5.49. The average Bonchev–Trinajstić information content (AvgIpc) is 2.51. The van der Waals surface area contributed by atoms with Crippen LogP contribution in [0.2, 0.25) is 0 Å². The van der Waals surface area contributed by atoms with Crippen molar-refractivity contribution in [2.45, 2.75) is 38.6 Å². The number of carboxylic acids is 1. The van der Waals surface area contributed by atoms with Crippen molar-refractivity contribution in [2.24, 2.45) is 5.73 Å². The van der Waals surface area contributed by atoms with Gasteiger partial charge in [-0.25, -0.2) is 4.79 Å². The average molecular weight is 322 g/mol. The summed E-state index contributed by atoms with van der Waals surface area (Å²) in [4.78, 5) is 33.9. The highest BCUT2D eigenvalue weighted by Gasteiger charge is 2.21. The minimum absolute atomic E-state index is 0.0470. The molecular formula is C16H22N2O5. The van der Waals surface area contributed by atoms with Gasteiger partial charge in [-0.3, -0.25) is 9.59 Å². The third kappa shape index (κ3) is 6.82. The number of unbranched alkanes of at least 4 members (excludes halogenated alkanes) is 1. The fraction of sp³-hybridized carbons (Fsp3) is 0.438. The van der Waals surface area contributed by atoms with Gasteiger partial charge in [0.1, 0.15) is 11.8 Å². The van der Waals surface area contributed by atoms with Gasteiger partial charge in [-0.1, -0.05) is 13.3 Å². The fourth-order valence-electron chi connectivity index (χ4n) is 1.82. The molecule has 0 aliphatic carbocycles. The predicted octanol–water partition coefficient (Wildman–Crippen LogP) is 1.31. The van der Waals surface area contributed by atoms with E-state index in [-0.39, 0.29) is 12.8 Å². The Balaban J connectivity index is 2.61. The lowest BCUT2D eigenvalue weighted by molar-refractivity contribution is -0.139. The summed E-state index contributed by atoms with van der Waals surface area (Å²) >= 11 is 0. The summed E-state index contributed by atoms with van der Waals surface area (Å²) in [6, 6.07) is 5.27. The first-order chi connectivity index (χ1) is 10.9. The van der Waals surface area contributed by atoms with Crippen molar-refractivity contribution in [1.82, 2.24) is 5.32 Å². The number of hydrogen-bond acceptors (Lipinski definition) is 4. The molecule has 1 rings (SSSR count). The first-order valence-corrected chi connectivity index (χ1v) is 7.49. The van der Waals surface area contributed by atoms with E-state index in [4.69, 9.17) is 15.6 Å². The first-order valence-electron chi connectivity index (χ1n) is 7.49. The van der Waals surface area contributed by atoms with Gasteiger partial charge in [-0.15, -0.1) is 0 Å². The molecule has 0 aromatic heterocycles. The van der Waals surface area contributed by atoms with E-state index in [0.29, 0.717) is 17.9 Å². The third-order valence-corrected chi connectivity index (χ3v) is 3.17. The molecule has 0 bridgehead atoms. The highest BCUT2D eigenvalue weighted by Crippen LogP contribution is 2.13. The fourth-order valence-corrected chi connectivity index (χ4v) is 1.82. The number of ether oxygens (including phenoxy) is 1. The van der Waals surface area contributed by atoms with Crippen molar-refractivity contribution in [3.63, 3.8) is 0 Å². The molecule has 7 nitrogen and oxygen atoms in total. The van der Waals surface area contributed by atoms with Gasteiger partial charge in [0.05, 0.1) is 6.61 Å². The maximum absolute atomic E-state index is 12.0. The van der Waals surface area contributed by atoms with Gasteiger partial charge in [0.25, 0.3) is 5.91 Å². The molecule has 0 aliphatic rings. The SMILES string of the molecule is CCCCOc1ccc(C(=O)NC(CCC(N)=O)C(=O)O)cc1. The smallest absolute Gasteiger partial charge is 0.326 e. The van der Waals surface area contributed by atoms with Gasteiger partial charge in [-0.05, 0) is 37.1 Å². The number of benzene rings is 1. The van der Waals surface area contributed by atoms with Crippen LogP contribution in [0.3, 0.4) is 0 Å². The molecule has 126 valence electrons. The summed E-state index contributed by atoms with van der Waals surface area (Å²) in [5.74, 6) is -1.70. The number of aliphatic carboxylic acids is 1. The van der Waals surface area contributed by atoms with E-state index in [1.165, 1.54) is 0 Å². The van der Waals surface area contributed by atoms with E-state index in [2.05, 4.69) is 12.2 Å². The molecule has 1 aromatic rings. The van der Waals surface area contributed by atoms with Crippen LogP contribution in [0.15, 0.2) is 24.3 Å². The van der Waals surface area contributed by atoms with E-state index < -0.39 is 23.8 Å². The molecule has 4 N–H and O–H groups in total. The Morgan fingerprint density at radius 2 is 1.91 bits per heavy atom. The van der Waals surface area contributed by atoms with E-state index in [1.54, 1.807) is 24.3 Å². The predicted molar refractivity (Wildman–Crippen MR) is 84.2 cm³/mol. The number of amides is 2. The zero-order chi connectivity index (χ0) is 17.2. The molecular weight excluding hydrogens is 300 g/mol. The summed E-state index contributed by atoms with van der Waals surface area (Å²) in [7, 11) is 0. The second-order valence-electron chi connectivity index (χ2n) is 5.10. The zero-order valence-electron chi connectivity index (χ0n) is 13.1. The minimum atomic E-state index is -1.21. The van der Waals surface area contributed by atoms with Gasteiger partial charge in [0, 0.05) is 12.0 Å². The number of hydrogen-bond donors (Lipinski definition) is 3. The quantitative estimate of drug-likeness (QED) is 0.561. The van der Waals surface area contributed by atoms with Gasteiger partial charge in [0.15, 0.2) is 0 Å². The van der Waals surface area contributed by atoms with Gasteiger partial charge in [-0.2, -0.15) is 0 Å². The van der Waals surface area contributed by atoms with Crippen molar-refractivity contribution in [3.05, 3.63) is 29.8 Å². The van der Waals surface area contributed by atoms with E-state index in [9.17, 15) is 14.4 Å². The number of nitrogens with one attached hydrogen (secondary N) is 1. The van der Waals surface area contributed by atoms with Crippen LogP contribution < -0.4 is 15.8 Å². The van der Waals surface area contributed by atoms with Crippen LogP contribution in [0.4, 0.5) is 0 Å². The number of carbonyl (C=O) groups excluding carboxylic acids is 2.